The number of carbonyl (C=O) groups excluding carboxylic acids is 4. The van der Waals surface area contributed by atoms with Gasteiger partial charge in [-0.1, -0.05) is 245 Å². The minimum atomic E-state index is -0.561. The third-order valence-electron chi connectivity index (χ3n) is 13.9. The maximum atomic E-state index is 13.4. The third-order valence-corrected chi connectivity index (χ3v) is 13.9. The van der Waals surface area contributed by atoms with Crippen LogP contribution in [0.4, 0.5) is 0 Å². The molecule has 2 atom stereocenters. The van der Waals surface area contributed by atoms with Gasteiger partial charge in [0, 0.05) is 38.4 Å². The van der Waals surface area contributed by atoms with Crippen LogP contribution in [-0.2, 0) is 19.2 Å². The van der Waals surface area contributed by atoms with Crippen LogP contribution in [0.1, 0.15) is 329 Å². The molecule has 0 aliphatic rings. The Bertz CT molecular complexity index is 1090. The number of hydrogen-bond donors (Lipinski definition) is 4. The van der Waals surface area contributed by atoms with E-state index < -0.39 is 6.04 Å². The molecule has 0 saturated carbocycles. The Morgan fingerprint density at radius 3 is 0.940 bits per heavy atom. The Labute approximate surface area is 417 Å². The molecule has 0 heterocycles. The molecule has 0 aliphatic carbocycles. The van der Waals surface area contributed by atoms with Crippen LogP contribution in [-0.4, -0.2) is 48.8 Å². The van der Waals surface area contributed by atoms with E-state index in [0.29, 0.717) is 38.8 Å². The number of nitrogens with one attached hydrogen (secondary N) is 4. The maximum Gasteiger partial charge on any atom is 0.242 e. The van der Waals surface area contributed by atoms with Gasteiger partial charge in [-0.05, 0) is 64.7 Å². The maximum absolute atomic E-state index is 13.4. The lowest BCUT2D eigenvalue weighted by Gasteiger charge is -2.19. The first kappa shape index (κ1) is 64.9. The van der Waals surface area contributed by atoms with Crippen molar-refractivity contribution in [2.75, 3.05) is 13.1 Å². The fourth-order valence-electron chi connectivity index (χ4n) is 9.39. The Morgan fingerprint density at radius 1 is 0.299 bits per heavy atom. The monoisotopic (exact) mass is 945 g/mol. The number of carbonyl (C=O) groups is 4. The lowest BCUT2D eigenvalue weighted by atomic mass is 10.0. The normalized spacial score (nSPS) is 12.2. The zero-order valence-electron chi connectivity index (χ0n) is 45.4. The molecule has 0 unspecified atom stereocenters. The fraction of sp³-hybridized carbons (Fsp3) is 0.932. The van der Waals surface area contributed by atoms with Gasteiger partial charge in [0.05, 0.1) is 0 Å². The molecule has 0 spiro atoms. The molecule has 0 aromatic carbocycles. The highest BCUT2D eigenvalue weighted by molar-refractivity contribution is 5.87. The summed E-state index contributed by atoms with van der Waals surface area (Å²) < 4.78 is 0. The molecule has 8 nitrogen and oxygen atoms in total. The number of hydrogen-bond acceptors (Lipinski definition) is 4. The molecule has 0 aromatic heterocycles. The van der Waals surface area contributed by atoms with Gasteiger partial charge in [-0.25, -0.2) is 0 Å². The molecule has 4 N–H and O–H groups in total. The average molecular weight is 946 g/mol. The van der Waals surface area contributed by atoms with Gasteiger partial charge in [0.15, 0.2) is 0 Å². The highest BCUT2D eigenvalue weighted by atomic mass is 16.2. The lowest BCUT2D eigenvalue weighted by Crippen LogP contribution is -2.47. The van der Waals surface area contributed by atoms with Crippen molar-refractivity contribution in [3.8, 4) is 0 Å². The average Bonchev–Trinajstić information content (AvgIpc) is 3.31. The molecular formula is C59H116N4O4. The molecule has 67 heavy (non-hydrogen) atoms. The summed E-state index contributed by atoms with van der Waals surface area (Å²) in [4.78, 5) is 51.5. The van der Waals surface area contributed by atoms with Crippen LogP contribution < -0.4 is 21.3 Å². The Kier molecular flexibility index (Phi) is 51.6. The summed E-state index contributed by atoms with van der Waals surface area (Å²) in [7, 11) is 0. The number of amides is 4. The van der Waals surface area contributed by atoms with E-state index in [1.165, 1.54) is 205 Å². The molecule has 0 rings (SSSR count). The Balaban J connectivity index is 4.40. The second kappa shape index (κ2) is 53.2. The molecule has 0 aliphatic heterocycles. The highest BCUT2D eigenvalue weighted by Crippen LogP contribution is 2.16. The first-order chi connectivity index (χ1) is 32.8. The van der Waals surface area contributed by atoms with E-state index >= 15 is 0 Å². The molecule has 396 valence electrons. The van der Waals surface area contributed by atoms with Gasteiger partial charge in [0.25, 0.3) is 0 Å². The summed E-state index contributed by atoms with van der Waals surface area (Å²) in [5, 5.41) is 12.4. The predicted molar refractivity (Wildman–Crippen MR) is 290 cm³/mol. The van der Waals surface area contributed by atoms with Crippen LogP contribution in [0.25, 0.3) is 0 Å². The van der Waals surface area contributed by atoms with Gasteiger partial charge in [0.1, 0.15) is 6.04 Å². The zero-order chi connectivity index (χ0) is 48.9. The molecule has 8 heteroatoms. The van der Waals surface area contributed by atoms with Crippen LogP contribution in [0.15, 0.2) is 0 Å². The van der Waals surface area contributed by atoms with Gasteiger partial charge < -0.3 is 21.3 Å². The van der Waals surface area contributed by atoms with Crippen molar-refractivity contribution in [1.82, 2.24) is 21.3 Å². The first-order valence-corrected chi connectivity index (χ1v) is 30.0. The minimum Gasteiger partial charge on any atom is -0.356 e. The number of rotatable bonds is 54. The van der Waals surface area contributed by atoms with Crippen molar-refractivity contribution in [2.45, 2.75) is 342 Å². The van der Waals surface area contributed by atoms with Crippen molar-refractivity contribution in [1.29, 1.82) is 0 Å². The molecule has 4 amide bonds. The molecule has 0 aromatic rings. The Hall–Kier alpha value is -2.12. The predicted octanol–water partition coefficient (Wildman–Crippen LogP) is 16.6. The quantitative estimate of drug-likeness (QED) is 0.0455. The first-order valence-electron chi connectivity index (χ1n) is 30.0. The van der Waals surface area contributed by atoms with Gasteiger partial charge in [-0.15, -0.1) is 0 Å². The SMILES string of the molecule is CCCCCCCCCCCCCCCC(=O)NCCCC[C@H](NC(=O)CCCCCCCCCCCCCC)C(=O)NCCCC[C@@H](C)NC(=O)CCCCCCCCCCCCCCC. The van der Waals surface area contributed by atoms with Crippen molar-refractivity contribution < 1.29 is 19.2 Å². The van der Waals surface area contributed by atoms with E-state index in [1.807, 2.05) is 0 Å². The standard InChI is InChI=1S/C59H116N4O4/c1-5-8-11-14-17-20-23-26-29-31-34-37-40-49-56(64)60-52-46-44-48-55(63-58(66)51-42-39-36-33-28-25-22-19-16-13-10-7-3)59(67)61-53-45-43-47-54(4)62-57(65)50-41-38-35-32-30-27-24-21-18-15-12-9-6-2/h54-55H,5-53H2,1-4H3,(H,60,64)(H,61,67)(H,62,65)(H,63,66)/t54-,55+/m1/s1. The zero-order valence-corrected chi connectivity index (χ0v) is 45.4. The smallest absolute Gasteiger partial charge is 0.242 e. The minimum absolute atomic E-state index is 0.0401. The van der Waals surface area contributed by atoms with Crippen molar-refractivity contribution >= 4 is 23.6 Å². The van der Waals surface area contributed by atoms with Crippen molar-refractivity contribution in [2.24, 2.45) is 0 Å². The topological polar surface area (TPSA) is 116 Å². The van der Waals surface area contributed by atoms with Crippen LogP contribution in [0, 0.1) is 0 Å². The summed E-state index contributed by atoms with van der Waals surface area (Å²) in [6.45, 7) is 10.0. The van der Waals surface area contributed by atoms with E-state index in [-0.39, 0.29) is 29.7 Å². The van der Waals surface area contributed by atoms with Crippen molar-refractivity contribution in [3.63, 3.8) is 0 Å². The van der Waals surface area contributed by atoms with Gasteiger partial charge >= 0.3 is 0 Å². The highest BCUT2D eigenvalue weighted by Gasteiger charge is 2.20. The second-order valence-corrected chi connectivity index (χ2v) is 20.8. The molecule has 0 saturated heterocycles. The Morgan fingerprint density at radius 2 is 0.582 bits per heavy atom. The largest absolute Gasteiger partial charge is 0.356 e. The summed E-state index contributed by atoms with van der Waals surface area (Å²) in [6, 6.07) is -0.443. The van der Waals surface area contributed by atoms with Crippen LogP contribution >= 0.6 is 0 Å². The molecule has 0 fully saturated rings. The van der Waals surface area contributed by atoms with Crippen molar-refractivity contribution in [3.05, 3.63) is 0 Å². The van der Waals surface area contributed by atoms with E-state index in [0.717, 1.165) is 70.6 Å². The van der Waals surface area contributed by atoms with Crippen LogP contribution in [0.3, 0.4) is 0 Å². The molecule has 0 radical (unpaired) electrons. The van der Waals surface area contributed by atoms with Gasteiger partial charge in [-0.2, -0.15) is 0 Å². The lowest BCUT2D eigenvalue weighted by molar-refractivity contribution is -0.129. The van der Waals surface area contributed by atoms with Crippen LogP contribution in [0.2, 0.25) is 0 Å². The van der Waals surface area contributed by atoms with E-state index in [2.05, 4.69) is 49.0 Å². The summed E-state index contributed by atoms with van der Waals surface area (Å²) >= 11 is 0. The van der Waals surface area contributed by atoms with E-state index in [4.69, 9.17) is 0 Å². The molecular weight excluding hydrogens is 829 g/mol. The van der Waals surface area contributed by atoms with E-state index in [1.54, 1.807) is 0 Å². The summed E-state index contributed by atoms with van der Waals surface area (Å²) in [6.07, 6.45) is 55.3. The summed E-state index contributed by atoms with van der Waals surface area (Å²) in [5.74, 6) is 0.118. The number of unbranched alkanes of at least 4 members (excludes halogenated alkanes) is 37. The fourth-order valence-corrected chi connectivity index (χ4v) is 9.39. The third kappa shape index (κ3) is 50.1. The summed E-state index contributed by atoms with van der Waals surface area (Å²) in [5.41, 5.74) is 0. The van der Waals surface area contributed by atoms with Crippen LogP contribution in [0.5, 0.6) is 0 Å². The van der Waals surface area contributed by atoms with E-state index in [9.17, 15) is 19.2 Å². The second-order valence-electron chi connectivity index (χ2n) is 20.8. The molecule has 0 bridgehead atoms. The van der Waals surface area contributed by atoms with Gasteiger partial charge in [0.2, 0.25) is 23.6 Å². The van der Waals surface area contributed by atoms with Gasteiger partial charge in [-0.3, -0.25) is 19.2 Å².